The highest BCUT2D eigenvalue weighted by Crippen LogP contribution is 2.22. The number of carbonyl (C=O) groups is 2. The zero-order valence-electron chi connectivity index (χ0n) is 15.8. The summed E-state index contributed by atoms with van der Waals surface area (Å²) in [5.41, 5.74) is 3.04. The summed E-state index contributed by atoms with van der Waals surface area (Å²) in [6.45, 7) is 4.12. The molecule has 0 saturated heterocycles. The Labute approximate surface area is 165 Å². The van der Waals surface area contributed by atoms with Crippen LogP contribution in [0.1, 0.15) is 38.2 Å². The molecule has 0 aliphatic carbocycles. The van der Waals surface area contributed by atoms with Gasteiger partial charge in [0.1, 0.15) is 0 Å². The molecule has 0 spiro atoms. The maximum absolute atomic E-state index is 12.2. The quantitative estimate of drug-likeness (QED) is 0.517. The molecule has 2 aromatic rings. The Morgan fingerprint density at radius 2 is 1.63 bits per heavy atom. The van der Waals surface area contributed by atoms with Crippen molar-refractivity contribution in [1.82, 2.24) is 0 Å². The summed E-state index contributed by atoms with van der Waals surface area (Å²) >= 11 is 6.08. The molecule has 0 fully saturated rings. The Kier molecular flexibility index (Phi) is 8.14. The highest BCUT2D eigenvalue weighted by atomic mass is 35.5. The Morgan fingerprint density at radius 1 is 0.963 bits per heavy atom. The molecular weight excluding hydrogens is 362 g/mol. The SMILES string of the molecule is CCCCCC(=O)Nc1cccc(NC(=O)CNc2cccc(Cl)c2C)c1. The third-order valence-corrected chi connectivity index (χ3v) is 4.55. The lowest BCUT2D eigenvalue weighted by molar-refractivity contribution is -0.116. The molecule has 2 amide bonds. The van der Waals surface area contributed by atoms with Crippen LogP contribution in [0.5, 0.6) is 0 Å². The number of hydrogen-bond acceptors (Lipinski definition) is 3. The van der Waals surface area contributed by atoms with E-state index < -0.39 is 0 Å². The van der Waals surface area contributed by atoms with E-state index in [4.69, 9.17) is 11.6 Å². The van der Waals surface area contributed by atoms with Gasteiger partial charge in [-0.3, -0.25) is 9.59 Å². The molecule has 6 heteroatoms. The second kappa shape index (κ2) is 10.6. The highest BCUT2D eigenvalue weighted by molar-refractivity contribution is 6.31. The second-order valence-corrected chi connectivity index (χ2v) is 6.81. The number of rotatable bonds is 9. The maximum atomic E-state index is 12.2. The summed E-state index contributed by atoms with van der Waals surface area (Å²) in [6, 6.07) is 12.7. The van der Waals surface area contributed by atoms with Gasteiger partial charge in [-0.05, 0) is 49.2 Å². The van der Waals surface area contributed by atoms with Crippen LogP contribution in [0.3, 0.4) is 0 Å². The lowest BCUT2D eigenvalue weighted by atomic mass is 10.2. The number of unbranched alkanes of at least 4 members (excludes halogenated alkanes) is 2. The van der Waals surface area contributed by atoms with Crippen LogP contribution in [0.2, 0.25) is 5.02 Å². The van der Waals surface area contributed by atoms with Gasteiger partial charge >= 0.3 is 0 Å². The molecule has 144 valence electrons. The predicted molar refractivity (Wildman–Crippen MR) is 113 cm³/mol. The molecular formula is C21H26ClN3O2. The van der Waals surface area contributed by atoms with Crippen LogP contribution >= 0.6 is 11.6 Å². The van der Waals surface area contributed by atoms with Crippen LogP contribution < -0.4 is 16.0 Å². The first-order valence-electron chi connectivity index (χ1n) is 9.18. The van der Waals surface area contributed by atoms with E-state index in [0.717, 1.165) is 30.5 Å². The first kappa shape index (κ1) is 20.8. The van der Waals surface area contributed by atoms with Gasteiger partial charge in [-0.25, -0.2) is 0 Å². The molecule has 5 nitrogen and oxygen atoms in total. The van der Waals surface area contributed by atoms with Crippen LogP contribution in [0.15, 0.2) is 42.5 Å². The van der Waals surface area contributed by atoms with Crippen molar-refractivity contribution in [3.63, 3.8) is 0 Å². The number of anilines is 3. The Balaban J connectivity index is 1.86. The van der Waals surface area contributed by atoms with Gasteiger partial charge in [0.25, 0.3) is 0 Å². The van der Waals surface area contributed by atoms with Gasteiger partial charge in [-0.1, -0.05) is 43.5 Å². The van der Waals surface area contributed by atoms with E-state index in [1.807, 2.05) is 25.1 Å². The van der Waals surface area contributed by atoms with E-state index >= 15 is 0 Å². The summed E-state index contributed by atoms with van der Waals surface area (Å²) in [4.78, 5) is 24.1. The summed E-state index contributed by atoms with van der Waals surface area (Å²) in [5, 5.41) is 9.43. The van der Waals surface area contributed by atoms with Gasteiger partial charge in [0.05, 0.1) is 6.54 Å². The van der Waals surface area contributed by atoms with Crippen LogP contribution in [-0.4, -0.2) is 18.4 Å². The summed E-state index contributed by atoms with van der Waals surface area (Å²) in [5.74, 6) is -0.189. The summed E-state index contributed by atoms with van der Waals surface area (Å²) in [6.07, 6.45) is 3.51. The van der Waals surface area contributed by atoms with Crippen molar-refractivity contribution >= 4 is 40.5 Å². The zero-order valence-corrected chi connectivity index (χ0v) is 16.5. The fraction of sp³-hybridized carbons (Fsp3) is 0.333. The molecule has 0 radical (unpaired) electrons. The molecule has 0 aliphatic rings. The molecule has 27 heavy (non-hydrogen) atoms. The molecule has 0 aliphatic heterocycles. The first-order chi connectivity index (χ1) is 13.0. The van der Waals surface area contributed by atoms with E-state index in [0.29, 0.717) is 22.8 Å². The van der Waals surface area contributed by atoms with Crippen LogP contribution in [-0.2, 0) is 9.59 Å². The molecule has 0 atom stereocenters. The summed E-state index contributed by atoms with van der Waals surface area (Å²) in [7, 11) is 0. The van der Waals surface area contributed by atoms with E-state index in [1.165, 1.54) is 0 Å². The van der Waals surface area contributed by atoms with E-state index in [-0.39, 0.29) is 18.4 Å². The molecule has 0 unspecified atom stereocenters. The molecule has 2 rings (SSSR count). The average Bonchev–Trinajstić information content (AvgIpc) is 2.63. The van der Waals surface area contributed by atoms with E-state index in [1.54, 1.807) is 24.3 Å². The molecule has 2 aromatic carbocycles. The van der Waals surface area contributed by atoms with E-state index in [9.17, 15) is 9.59 Å². The minimum Gasteiger partial charge on any atom is -0.376 e. The van der Waals surface area contributed by atoms with Crippen LogP contribution in [0.25, 0.3) is 0 Å². The standard InChI is InChI=1S/C21H26ClN3O2/c1-3-4-5-12-20(26)24-16-8-6-9-17(13-16)25-21(27)14-23-19-11-7-10-18(22)15(19)2/h6-11,13,23H,3-5,12,14H2,1-2H3,(H,24,26)(H,25,27). The number of amides is 2. The summed E-state index contributed by atoms with van der Waals surface area (Å²) < 4.78 is 0. The van der Waals surface area contributed by atoms with Gasteiger partial charge in [-0.15, -0.1) is 0 Å². The largest absolute Gasteiger partial charge is 0.376 e. The van der Waals surface area contributed by atoms with Crippen LogP contribution in [0.4, 0.5) is 17.1 Å². The van der Waals surface area contributed by atoms with Crippen LogP contribution in [0, 0.1) is 6.92 Å². The zero-order chi connectivity index (χ0) is 19.6. The highest BCUT2D eigenvalue weighted by Gasteiger charge is 2.07. The number of carbonyl (C=O) groups excluding carboxylic acids is 2. The lowest BCUT2D eigenvalue weighted by Crippen LogP contribution is -2.22. The number of hydrogen-bond donors (Lipinski definition) is 3. The third-order valence-electron chi connectivity index (χ3n) is 4.14. The minimum atomic E-state index is -0.180. The second-order valence-electron chi connectivity index (χ2n) is 6.40. The number of nitrogens with one attached hydrogen (secondary N) is 3. The normalized spacial score (nSPS) is 10.3. The number of halogens is 1. The van der Waals surface area contributed by atoms with Gasteiger partial charge in [-0.2, -0.15) is 0 Å². The number of benzene rings is 2. The van der Waals surface area contributed by atoms with Crippen molar-refractivity contribution in [3.8, 4) is 0 Å². The topological polar surface area (TPSA) is 70.2 Å². The minimum absolute atomic E-state index is 0.00924. The van der Waals surface area contributed by atoms with Gasteiger partial charge in [0.15, 0.2) is 0 Å². The first-order valence-corrected chi connectivity index (χ1v) is 9.56. The fourth-order valence-corrected chi connectivity index (χ4v) is 2.79. The molecule has 0 bridgehead atoms. The maximum Gasteiger partial charge on any atom is 0.243 e. The Bertz CT molecular complexity index is 793. The van der Waals surface area contributed by atoms with Gasteiger partial charge in [0.2, 0.25) is 11.8 Å². The molecule has 3 N–H and O–H groups in total. The molecule has 0 saturated carbocycles. The fourth-order valence-electron chi connectivity index (χ4n) is 2.61. The monoisotopic (exact) mass is 387 g/mol. The molecule has 0 aromatic heterocycles. The van der Waals surface area contributed by atoms with Crippen molar-refractivity contribution < 1.29 is 9.59 Å². The third kappa shape index (κ3) is 6.94. The van der Waals surface area contributed by atoms with Gasteiger partial charge < -0.3 is 16.0 Å². The Morgan fingerprint density at radius 3 is 2.33 bits per heavy atom. The van der Waals surface area contributed by atoms with Crippen molar-refractivity contribution in [1.29, 1.82) is 0 Å². The molecule has 0 heterocycles. The van der Waals surface area contributed by atoms with Gasteiger partial charge in [0, 0.05) is 28.5 Å². The van der Waals surface area contributed by atoms with Crippen molar-refractivity contribution in [2.45, 2.75) is 39.5 Å². The average molecular weight is 388 g/mol. The Hall–Kier alpha value is -2.53. The smallest absolute Gasteiger partial charge is 0.243 e. The van der Waals surface area contributed by atoms with E-state index in [2.05, 4.69) is 22.9 Å². The van der Waals surface area contributed by atoms with Crippen molar-refractivity contribution in [2.75, 3.05) is 22.5 Å². The lowest BCUT2D eigenvalue weighted by Gasteiger charge is -2.12. The van der Waals surface area contributed by atoms with Crippen molar-refractivity contribution in [2.24, 2.45) is 0 Å². The van der Waals surface area contributed by atoms with Crippen molar-refractivity contribution in [3.05, 3.63) is 53.1 Å². The predicted octanol–water partition coefficient (Wildman–Crippen LogP) is 5.22.